The van der Waals surface area contributed by atoms with Gasteiger partial charge in [-0.25, -0.2) is 0 Å². The molecule has 0 aliphatic rings. The van der Waals surface area contributed by atoms with Crippen molar-refractivity contribution in [2.75, 3.05) is 12.3 Å². The number of carboxylic acids is 2. The molecule has 128 valence electrons. The maximum Gasteiger partial charge on any atom is 0.307 e. The van der Waals surface area contributed by atoms with Crippen LogP contribution in [-0.2, 0) is 23.7 Å². The fourth-order valence-electron chi connectivity index (χ4n) is 1.68. The van der Waals surface area contributed by atoms with E-state index in [9.17, 15) is 23.8 Å². The molecule has 3 N–H and O–H groups in total. The Balaban J connectivity index is 4.52. The van der Waals surface area contributed by atoms with Crippen LogP contribution in [0.25, 0.3) is 0 Å². The third-order valence-corrected chi connectivity index (χ3v) is 4.58. The third kappa shape index (κ3) is 10.3. The number of esters is 1. The molecule has 0 amide bonds. The Morgan fingerprint density at radius 2 is 1.68 bits per heavy atom. The molecule has 0 radical (unpaired) electrons. The number of carbonyl (C=O) groups is 3. The van der Waals surface area contributed by atoms with Gasteiger partial charge in [-0.15, -0.1) is 0 Å². The van der Waals surface area contributed by atoms with Crippen molar-refractivity contribution in [3.8, 4) is 0 Å². The average molecular weight is 338 g/mol. The molecule has 0 aromatic heterocycles. The van der Waals surface area contributed by atoms with Gasteiger partial charge in [-0.3, -0.25) is 18.9 Å². The minimum absolute atomic E-state index is 0.234. The van der Waals surface area contributed by atoms with Gasteiger partial charge in [0.25, 0.3) is 0 Å². The van der Waals surface area contributed by atoms with Gasteiger partial charge in [0.1, 0.15) is 5.60 Å². The molecule has 0 saturated heterocycles. The quantitative estimate of drug-likeness (QED) is 0.425. The number of rotatable bonds is 9. The number of hydrogen-bond acceptors (Lipinski definition) is 5. The monoisotopic (exact) mass is 338 g/mol. The van der Waals surface area contributed by atoms with E-state index in [2.05, 4.69) is 0 Å². The SMILES string of the molecule is CC(C)(C)OC(=O)CCP(=O)(O)CC(CCC(=O)O)C(=O)O. The van der Waals surface area contributed by atoms with E-state index in [0.717, 1.165) is 0 Å². The van der Waals surface area contributed by atoms with Crippen molar-refractivity contribution in [3.63, 3.8) is 0 Å². The van der Waals surface area contributed by atoms with Crippen LogP contribution in [0, 0.1) is 5.92 Å². The summed E-state index contributed by atoms with van der Waals surface area (Å²) in [7, 11) is -3.86. The molecule has 2 unspecified atom stereocenters. The molecule has 0 fully saturated rings. The van der Waals surface area contributed by atoms with E-state index in [1.807, 2.05) is 0 Å². The van der Waals surface area contributed by atoms with Gasteiger partial charge in [-0.1, -0.05) is 0 Å². The topological polar surface area (TPSA) is 138 Å². The minimum Gasteiger partial charge on any atom is -0.481 e. The summed E-state index contributed by atoms with van der Waals surface area (Å²) in [5.74, 6) is -4.37. The van der Waals surface area contributed by atoms with Gasteiger partial charge in [0.05, 0.1) is 12.3 Å². The molecular weight excluding hydrogens is 315 g/mol. The Morgan fingerprint density at radius 3 is 2.09 bits per heavy atom. The van der Waals surface area contributed by atoms with Crippen molar-refractivity contribution in [1.82, 2.24) is 0 Å². The first kappa shape index (κ1) is 20.6. The maximum absolute atomic E-state index is 12.0. The maximum atomic E-state index is 12.0. The molecule has 0 aromatic carbocycles. The molecule has 0 saturated carbocycles. The minimum atomic E-state index is -3.86. The molecule has 0 bridgehead atoms. The van der Waals surface area contributed by atoms with E-state index in [4.69, 9.17) is 14.9 Å². The highest BCUT2D eigenvalue weighted by Gasteiger charge is 2.30. The van der Waals surface area contributed by atoms with Crippen LogP contribution in [0.1, 0.15) is 40.0 Å². The second-order valence-corrected chi connectivity index (χ2v) is 8.56. The van der Waals surface area contributed by atoms with Gasteiger partial charge < -0.3 is 19.8 Å². The summed E-state index contributed by atoms with van der Waals surface area (Å²) in [6.07, 6.45) is -1.88. The van der Waals surface area contributed by atoms with E-state index in [0.29, 0.717) is 0 Å². The summed E-state index contributed by atoms with van der Waals surface area (Å²) >= 11 is 0. The molecule has 0 aromatic rings. The molecule has 0 aliphatic heterocycles. The number of carboxylic acid groups (broad SMARTS) is 2. The van der Waals surface area contributed by atoms with Crippen LogP contribution < -0.4 is 0 Å². The predicted octanol–water partition coefficient (Wildman–Crippen LogP) is 1.55. The fourth-order valence-corrected chi connectivity index (χ4v) is 3.43. The Hall–Kier alpha value is -1.40. The van der Waals surface area contributed by atoms with Crippen molar-refractivity contribution in [2.45, 2.75) is 45.6 Å². The lowest BCUT2D eigenvalue weighted by Gasteiger charge is -2.20. The fraction of sp³-hybridized carbons (Fsp3) is 0.769. The lowest BCUT2D eigenvalue weighted by Crippen LogP contribution is -2.25. The second kappa shape index (κ2) is 8.29. The molecule has 0 heterocycles. The molecule has 0 aliphatic carbocycles. The Bertz CT molecular complexity index is 465. The van der Waals surface area contributed by atoms with Crippen LogP contribution in [-0.4, -0.2) is 50.9 Å². The van der Waals surface area contributed by atoms with Crippen molar-refractivity contribution in [1.29, 1.82) is 0 Å². The van der Waals surface area contributed by atoms with E-state index in [1.165, 1.54) is 0 Å². The zero-order valence-electron chi connectivity index (χ0n) is 12.9. The van der Waals surface area contributed by atoms with Crippen LogP contribution in [0.5, 0.6) is 0 Å². The zero-order valence-corrected chi connectivity index (χ0v) is 13.8. The second-order valence-electron chi connectivity index (χ2n) is 6.06. The van der Waals surface area contributed by atoms with Crippen LogP contribution in [0.2, 0.25) is 0 Å². The summed E-state index contributed by atoms with van der Waals surface area (Å²) in [4.78, 5) is 42.7. The first-order valence-electron chi connectivity index (χ1n) is 6.80. The molecule has 8 nitrogen and oxygen atoms in total. The van der Waals surface area contributed by atoms with Gasteiger partial charge in [0.15, 0.2) is 0 Å². The standard InChI is InChI=1S/C13H23O8P/c1-13(2,3)21-11(16)6-7-22(19,20)8-9(12(17)18)4-5-10(14)15/h9H,4-8H2,1-3H3,(H,14,15)(H,17,18)(H,19,20). The zero-order chi connectivity index (χ0) is 17.6. The van der Waals surface area contributed by atoms with Crippen LogP contribution in [0.3, 0.4) is 0 Å². The van der Waals surface area contributed by atoms with E-state index in [-0.39, 0.29) is 12.8 Å². The van der Waals surface area contributed by atoms with E-state index >= 15 is 0 Å². The summed E-state index contributed by atoms with van der Waals surface area (Å²) in [6, 6.07) is 0. The van der Waals surface area contributed by atoms with Crippen LogP contribution in [0.15, 0.2) is 0 Å². The summed E-state index contributed by atoms with van der Waals surface area (Å²) in [6.45, 7) is 4.99. The molecular formula is C13H23O8P. The van der Waals surface area contributed by atoms with Crippen molar-refractivity contribution in [2.24, 2.45) is 5.92 Å². The smallest absolute Gasteiger partial charge is 0.307 e. The molecule has 0 spiro atoms. The summed E-state index contributed by atoms with van der Waals surface area (Å²) in [5, 5.41) is 17.5. The van der Waals surface area contributed by atoms with Crippen molar-refractivity contribution in [3.05, 3.63) is 0 Å². The Labute approximate surface area is 128 Å². The summed E-state index contributed by atoms with van der Waals surface area (Å²) < 4.78 is 17.0. The highest BCUT2D eigenvalue weighted by atomic mass is 31.2. The van der Waals surface area contributed by atoms with Gasteiger partial charge in [0.2, 0.25) is 7.37 Å². The van der Waals surface area contributed by atoms with Crippen LogP contribution in [0.4, 0.5) is 0 Å². The molecule has 2 atom stereocenters. The number of aliphatic carboxylic acids is 2. The largest absolute Gasteiger partial charge is 0.481 e. The van der Waals surface area contributed by atoms with Gasteiger partial charge >= 0.3 is 17.9 Å². The Morgan fingerprint density at radius 1 is 1.14 bits per heavy atom. The van der Waals surface area contributed by atoms with Crippen molar-refractivity contribution < 1.29 is 38.8 Å². The van der Waals surface area contributed by atoms with Crippen molar-refractivity contribution >= 4 is 25.3 Å². The first-order valence-corrected chi connectivity index (χ1v) is 8.83. The van der Waals surface area contributed by atoms with Gasteiger partial charge in [0, 0.05) is 18.7 Å². The first-order chi connectivity index (χ1) is 9.82. The lowest BCUT2D eigenvalue weighted by atomic mass is 10.1. The summed E-state index contributed by atoms with van der Waals surface area (Å²) in [5.41, 5.74) is -0.707. The normalized spacial score (nSPS) is 15.6. The third-order valence-electron chi connectivity index (χ3n) is 2.65. The van der Waals surface area contributed by atoms with Crippen LogP contribution >= 0.6 is 7.37 Å². The molecule has 9 heteroatoms. The van der Waals surface area contributed by atoms with E-state index in [1.54, 1.807) is 20.8 Å². The van der Waals surface area contributed by atoms with Gasteiger partial charge in [-0.2, -0.15) is 0 Å². The van der Waals surface area contributed by atoms with Gasteiger partial charge in [-0.05, 0) is 27.2 Å². The number of ether oxygens (including phenoxy) is 1. The lowest BCUT2D eigenvalue weighted by molar-refractivity contribution is -0.154. The molecule has 0 rings (SSSR count). The highest BCUT2D eigenvalue weighted by Crippen LogP contribution is 2.44. The average Bonchev–Trinajstić information content (AvgIpc) is 2.29. The Kier molecular flexibility index (Phi) is 7.76. The predicted molar refractivity (Wildman–Crippen MR) is 78.0 cm³/mol. The van der Waals surface area contributed by atoms with E-state index < -0.39 is 55.5 Å². The number of hydrogen-bond donors (Lipinski definition) is 3. The number of carbonyl (C=O) groups excluding carboxylic acids is 1. The molecule has 22 heavy (non-hydrogen) atoms. The highest BCUT2D eigenvalue weighted by molar-refractivity contribution is 7.58.